The van der Waals surface area contributed by atoms with E-state index >= 15 is 0 Å². The number of nitrogens with zero attached hydrogens (tertiary/aromatic N) is 2. The lowest BCUT2D eigenvalue weighted by molar-refractivity contribution is 0.742. The maximum absolute atomic E-state index is 6.35. The van der Waals surface area contributed by atoms with Crippen LogP contribution in [0.1, 0.15) is 55.7 Å². The minimum absolute atomic E-state index is 0.509. The fraction of sp³-hybridized carbons (Fsp3) is 0.474. The molecule has 0 aliphatic heterocycles. The minimum atomic E-state index is 0.509. The first-order valence-corrected chi connectivity index (χ1v) is 9.24. The zero-order valence-corrected chi connectivity index (χ0v) is 14.7. The molecule has 126 valence electrons. The standard InChI is InChI=1S/C19H23ClN4/c1-12-5-4-8-15(20)18(12)23-17-11-16(13-9-10-13)22-19(24-17)21-14-6-2-3-7-14/h4-5,8,11,13-14H,2-3,6-7,9-10H2,1H3,(H2,21,22,23,24). The summed E-state index contributed by atoms with van der Waals surface area (Å²) in [5.74, 6) is 2.16. The molecule has 0 amide bonds. The number of nitrogens with one attached hydrogen (secondary N) is 2. The number of hydrogen-bond donors (Lipinski definition) is 2. The van der Waals surface area contributed by atoms with Crippen LogP contribution in [0.15, 0.2) is 24.3 Å². The zero-order chi connectivity index (χ0) is 16.5. The molecule has 0 saturated heterocycles. The molecule has 4 nitrogen and oxygen atoms in total. The topological polar surface area (TPSA) is 49.8 Å². The molecular weight excluding hydrogens is 320 g/mol. The number of aryl methyl sites for hydroxylation is 1. The lowest BCUT2D eigenvalue weighted by Crippen LogP contribution is -2.17. The summed E-state index contributed by atoms with van der Waals surface area (Å²) in [6, 6.07) is 8.49. The molecule has 2 aromatic rings. The molecule has 24 heavy (non-hydrogen) atoms. The molecule has 2 fully saturated rings. The van der Waals surface area contributed by atoms with Crippen LogP contribution in [0.4, 0.5) is 17.5 Å². The number of anilines is 3. The first-order chi connectivity index (χ1) is 11.7. The van der Waals surface area contributed by atoms with Gasteiger partial charge in [-0.05, 0) is 44.2 Å². The highest BCUT2D eigenvalue weighted by Gasteiger charge is 2.27. The summed E-state index contributed by atoms with van der Waals surface area (Å²) in [6.07, 6.45) is 7.47. The molecule has 5 heteroatoms. The van der Waals surface area contributed by atoms with Crippen molar-refractivity contribution >= 4 is 29.1 Å². The van der Waals surface area contributed by atoms with Crippen molar-refractivity contribution < 1.29 is 0 Å². The Morgan fingerprint density at radius 3 is 2.58 bits per heavy atom. The predicted octanol–water partition coefficient (Wildman–Crippen LogP) is 5.41. The first kappa shape index (κ1) is 15.7. The summed E-state index contributed by atoms with van der Waals surface area (Å²) < 4.78 is 0. The Morgan fingerprint density at radius 1 is 1.08 bits per heavy atom. The second kappa shape index (κ2) is 6.60. The third-order valence-corrected chi connectivity index (χ3v) is 5.22. The van der Waals surface area contributed by atoms with Crippen LogP contribution in [0, 0.1) is 6.92 Å². The molecule has 0 atom stereocenters. The van der Waals surface area contributed by atoms with Gasteiger partial charge in [0.15, 0.2) is 0 Å². The van der Waals surface area contributed by atoms with E-state index in [4.69, 9.17) is 21.6 Å². The highest BCUT2D eigenvalue weighted by atomic mass is 35.5. The molecule has 2 saturated carbocycles. The maximum atomic E-state index is 6.35. The summed E-state index contributed by atoms with van der Waals surface area (Å²) in [5.41, 5.74) is 3.17. The molecule has 2 N–H and O–H groups in total. The minimum Gasteiger partial charge on any atom is -0.351 e. The fourth-order valence-corrected chi connectivity index (χ4v) is 3.62. The average molecular weight is 343 g/mol. The van der Waals surface area contributed by atoms with Crippen LogP contribution in [0.3, 0.4) is 0 Å². The third-order valence-electron chi connectivity index (χ3n) is 4.90. The number of hydrogen-bond acceptors (Lipinski definition) is 4. The van der Waals surface area contributed by atoms with Crippen LogP contribution in [-0.4, -0.2) is 16.0 Å². The third kappa shape index (κ3) is 3.48. The smallest absolute Gasteiger partial charge is 0.225 e. The number of benzene rings is 1. The number of para-hydroxylation sites is 1. The maximum Gasteiger partial charge on any atom is 0.225 e. The quantitative estimate of drug-likeness (QED) is 0.762. The van der Waals surface area contributed by atoms with E-state index in [1.54, 1.807) is 0 Å². The summed E-state index contributed by atoms with van der Waals surface area (Å²) in [4.78, 5) is 9.44. The van der Waals surface area contributed by atoms with E-state index in [9.17, 15) is 0 Å². The molecule has 0 bridgehead atoms. The van der Waals surface area contributed by atoms with Gasteiger partial charge in [0.2, 0.25) is 5.95 Å². The highest BCUT2D eigenvalue weighted by molar-refractivity contribution is 6.33. The summed E-state index contributed by atoms with van der Waals surface area (Å²) in [7, 11) is 0. The number of halogens is 1. The van der Waals surface area contributed by atoms with E-state index in [-0.39, 0.29) is 0 Å². The normalized spacial score (nSPS) is 17.9. The van der Waals surface area contributed by atoms with Crippen LogP contribution in [0.5, 0.6) is 0 Å². The van der Waals surface area contributed by atoms with Gasteiger partial charge >= 0.3 is 0 Å². The Bertz CT molecular complexity index is 716. The SMILES string of the molecule is Cc1cccc(Cl)c1Nc1cc(C2CC2)nc(NC2CCCC2)n1. The fourth-order valence-electron chi connectivity index (χ4n) is 3.35. The molecule has 0 unspecified atom stereocenters. The molecule has 0 radical (unpaired) electrons. The van der Waals surface area contributed by atoms with Crippen molar-refractivity contribution in [1.82, 2.24) is 9.97 Å². The van der Waals surface area contributed by atoms with Gasteiger partial charge in [0, 0.05) is 18.0 Å². The van der Waals surface area contributed by atoms with Gasteiger partial charge in [-0.25, -0.2) is 4.98 Å². The van der Waals surface area contributed by atoms with Crippen LogP contribution in [-0.2, 0) is 0 Å². The van der Waals surface area contributed by atoms with Crippen molar-refractivity contribution in [3.63, 3.8) is 0 Å². The van der Waals surface area contributed by atoms with Crippen molar-refractivity contribution in [3.05, 3.63) is 40.5 Å². The molecule has 2 aliphatic rings. The van der Waals surface area contributed by atoms with Gasteiger partial charge in [-0.1, -0.05) is 36.6 Å². The molecule has 4 rings (SSSR count). The molecule has 1 aromatic heterocycles. The molecule has 2 aliphatic carbocycles. The summed E-state index contributed by atoms with van der Waals surface area (Å²) in [5, 5.41) is 7.64. The van der Waals surface area contributed by atoms with Crippen molar-refractivity contribution in [2.75, 3.05) is 10.6 Å². The van der Waals surface area contributed by atoms with E-state index in [0.29, 0.717) is 17.0 Å². The second-order valence-electron chi connectivity index (χ2n) is 6.96. The zero-order valence-electron chi connectivity index (χ0n) is 14.0. The van der Waals surface area contributed by atoms with Gasteiger partial charge in [0.25, 0.3) is 0 Å². The van der Waals surface area contributed by atoms with E-state index in [0.717, 1.165) is 28.7 Å². The monoisotopic (exact) mass is 342 g/mol. The van der Waals surface area contributed by atoms with Crippen molar-refractivity contribution in [1.29, 1.82) is 0 Å². The Morgan fingerprint density at radius 2 is 1.88 bits per heavy atom. The van der Waals surface area contributed by atoms with Crippen molar-refractivity contribution in [3.8, 4) is 0 Å². The molecule has 1 aromatic carbocycles. The van der Waals surface area contributed by atoms with E-state index in [1.165, 1.54) is 38.5 Å². The van der Waals surface area contributed by atoms with Crippen LogP contribution in [0.25, 0.3) is 0 Å². The summed E-state index contributed by atoms with van der Waals surface area (Å²) >= 11 is 6.35. The van der Waals surface area contributed by atoms with Crippen LogP contribution >= 0.6 is 11.6 Å². The second-order valence-corrected chi connectivity index (χ2v) is 7.37. The number of aromatic nitrogens is 2. The lowest BCUT2D eigenvalue weighted by atomic mass is 10.2. The van der Waals surface area contributed by atoms with E-state index in [2.05, 4.69) is 29.7 Å². The lowest BCUT2D eigenvalue weighted by Gasteiger charge is -2.16. The Kier molecular flexibility index (Phi) is 4.31. The van der Waals surface area contributed by atoms with Gasteiger partial charge < -0.3 is 10.6 Å². The number of rotatable bonds is 5. The van der Waals surface area contributed by atoms with Gasteiger partial charge in [0.05, 0.1) is 16.4 Å². The van der Waals surface area contributed by atoms with Gasteiger partial charge in [0.1, 0.15) is 5.82 Å². The first-order valence-electron chi connectivity index (χ1n) is 8.87. The Hall–Kier alpha value is -1.81. The molecule has 0 spiro atoms. The Labute approximate surface area is 148 Å². The van der Waals surface area contributed by atoms with Gasteiger partial charge in [-0.3, -0.25) is 0 Å². The van der Waals surface area contributed by atoms with Gasteiger partial charge in [-0.15, -0.1) is 0 Å². The predicted molar refractivity (Wildman–Crippen MR) is 99.4 cm³/mol. The van der Waals surface area contributed by atoms with Crippen molar-refractivity contribution in [2.24, 2.45) is 0 Å². The van der Waals surface area contributed by atoms with Crippen molar-refractivity contribution in [2.45, 2.75) is 57.4 Å². The molecule has 1 heterocycles. The van der Waals surface area contributed by atoms with Gasteiger partial charge in [-0.2, -0.15) is 4.98 Å². The van der Waals surface area contributed by atoms with Crippen LogP contribution in [0.2, 0.25) is 5.02 Å². The van der Waals surface area contributed by atoms with E-state index in [1.807, 2.05) is 12.1 Å². The van der Waals surface area contributed by atoms with E-state index < -0.39 is 0 Å². The highest BCUT2D eigenvalue weighted by Crippen LogP contribution is 2.40. The molecular formula is C19H23ClN4. The largest absolute Gasteiger partial charge is 0.351 e. The average Bonchev–Trinajstić information content (AvgIpc) is 3.30. The van der Waals surface area contributed by atoms with Crippen LogP contribution < -0.4 is 10.6 Å². The Balaban J connectivity index is 1.62. The summed E-state index contributed by atoms with van der Waals surface area (Å²) in [6.45, 7) is 2.05.